The molecule has 2 rings (SSSR count). The molecule has 1 heterocycles. The average molecular weight is 248 g/mol. The maximum atomic E-state index is 11.8. The highest BCUT2D eigenvalue weighted by Gasteiger charge is 2.43. The molecule has 0 fully saturated rings. The summed E-state index contributed by atoms with van der Waals surface area (Å²) in [4.78, 5) is 11.8. The van der Waals surface area contributed by atoms with E-state index in [0.29, 0.717) is 19.4 Å². The van der Waals surface area contributed by atoms with Gasteiger partial charge in [-0.25, -0.2) is 0 Å². The first-order valence-corrected chi connectivity index (χ1v) is 6.66. The lowest BCUT2D eigenvalue weighted by molar-refractivity contribution is -0.145. The van der Waals surface area contributed by atoms with Crippen LogP contribution in [0, 0.1) is 0 Å². The predicted octanol–water partition coefficient (Wildman–Crippen LogP) is 3.37. The second kappa shape index (κ2) is 5.42. The number of aliphatic carboxylic acids is 1. The van der Waals surface area contributed by atoms with E-state index in [1.807, 2.05) is 24.3 Å². The van der Waals surface area contributed by atoms with Crippen LogP contribution in [0.2, 0.25) is 0 Å². The van der Waals surface area contributed by atoms with Crippen LogP contribution < -0.4 is 4.74 Å². The Morgan fingerprint density at radius 2 is 2.17 bits per heavy atom. The third-order valence-electron chi connectivity index (χ3n) is 3.81. The van der Waals surface area contributed by atoms with E-state index < -0.39 is 11.4 Å². The molecule has 0 saturated carbocycles. The quantitative estimate of drug-likeness (QED) is 0.813. The molecule has 1 unspecified atom stereocenters. The third kappa shape index (κ3) is 2.22. The molecule has 3 nitrogen and oxygen atoms in total. The van der Waals surface area contributed by atoms with Crippen molar-refractivity contribution in [1.82, 2.24) is 0 Å². The van der Waals surface area contributed by atoms with Crippen LogP contribution in [0.5, 0.6) is 5.75 Å². The first-order valence-electron chi connectivity index (χ1n) is 6.66. The molecule has 0 aliphatic carbocycles. The number of ether oxygens (including phenoxy) is 1. The molecular weight excluding hydrogens is 228 g/mol. The van der Waals surface area contributed by atoms with E-state index in [1.165, 1.54) is 0 Å². The van der Waals surface area contributed by atoms with Gasteiger partial charge in [0.2, 0.25) is 0 Å². The largest absolute Gasteiger partial charge is 0.493 e. The molecule has 98 valence electrons. The van der Waals surface area contributed by atoms with Gasteiger partial charge in [0.05, 0.1) is 12.0 Å². The average Bonchev–Trinajstić information content (AvgIpc) is 2.39. The Morgan fingerprint density at radius 1 is 1.39 bits per heavy atom. The molecule has 0 spiro atoms. The fourth-order valence-electron chi connectivity index (χ4n) is 2.72. The molecule has 0 amide bonds. The van der Waals surface area contributed by atoms with Gasteiger partial charge in [-0.3, -0.25) is 4.79 Å². The van der Waals surface area contributed by atoms with Gasteiger partial charge in [-0.1, -0.05) is 44.4 Å². The van der Waals surface area contributed by atoms with Crippen molar-refractivity contribution in [3.8, 4) is 5.75 Å². The summed E-state index contributed by atoms with van der Waals surface area (Å²) in [6.07, 6.45) is 4.42. The highest BCUT2D eigenvalue weighted by molar-refractivity contribution is 5.83. The summed E-state index contributed by atoms with van der Waals surface area (Å²) < 4.78 is 5.57. The summed E-state index contributed by atoms with van der Waals surface area (Å²) in [5.41, 5.74) is 0.101. The second-order valence-corrected chi connectivity index (χ2v) is 4.94. The van der Waals surface area contributed by atoms with E-state index in [2.05, 4.69) is 6.92 Å². The fourth-order valence-corrected chi connectivity index (χ4v) is 2.72. The number of unbranched alkanes of at least 4 members (excludes halogenated alkanes) is 2. The van der Waals surface area contributed by atoms with Gasteiger partial charge in [-0.05, 0) is 12.5 Å². The van der Waals surface area contributed by atoms with Crippen LogP contribution in [0.4, 0.5) is 0 Å². The fraction of sp³-hybridized carbons (Fsp3) is 0.533. The van der Waals surface area contributed by atoms with Crippen LogP contribution in [0.3, 0.4) is 0 Å². The van der Waals surface area contributed by atoms with E-state index in [-0.39, 0.29) is 0 Å². The van der Waals surface area contributed by atoms with Crippen LogP contribution in [-0.4, -0.2) is 17.7 Å². The van der Waals surface area contributed by atoms with Gasteiger partial charge in [-0.2, -0.15) is 0 Å². The topological polar surface area (TPSA) is 46.5 Å². The zero-order chi connectivity index (χ0) is 13.0. The molecule has 0 aromatic heterocycles. The van der Waals surface area contributed by atoms with Gasteiger partial charge < -0.3 is 9.84 Å². The van der Waals surface area contributed by atoms with Gasteiger partial charge in [0.25, 0.3) is 0 Å². The lowest BCUT2D eigenvalue weighted by Crippen LogP contribution is -2.40. The second-order valence-electron chi connectivity index (χ2n) is 4.94. The van der Waals surface area contributed by atoms with Crippen molar-refractivity contribution in [3.63, 3.8) is 0 Å². The molecule has 0 saturated heterocycles. The van der Waals surface area contributed by atoms with Crippen LogP contribution in [0.25, 0.3) is 0 Å². The summed E-state index contributed by atoms with van der Waals surface area (Å²) >= 11 is 0. The lowest BCUT2D eigenvalue weighted by atomic mass is 9.72. The lowest BCUT2D eigenvalue weighted by Gasteiger charge is -2.35. The number of carboxylic acids is 1. The van der Waals surface area contributed by atoms with Crippen molar-refractivity contribution >= 4 is 5.97 Å². The van der Waals surface area contributed by atoms with E-state index >= 15 is 0 Å². The number of carbonyl (C=O) groups is 1. The molecule has 0 bridgehead atoms. The van der Waals surface area contributed by atoms with Crippen molar-refractivity contribution in [2.45, 2.75) is 44.4 Å². The predicted molar refractivity (Wildman–Crippen MR) is 70.0 cm³/mol. The van der Waals surface area contributed by atoms with Gasteiger partial charge in [0, 0.05) is 12.0 Å². The van der Waals surface area contributed by atoms with Crippen LogP contribution in [0.1, 0.15) is 44.6 Å². The Bertz CT molecular complexity index is 428. The summed E-state index contributed by atoms with van der Waals surface area (Å²) in [6, 6.07) is 7.55. The number of benzene rings is 1. The van der Waals surface area contributed by atoms with Crippen molar-refractivity contribution in [3.05, 3.63) is 29.8 Å². The number of carboxylic acid groups (broad SMARTS) is 1. The molecule has 0 radical (unpaired) electrons. The van der Waals surface area contributed by atoms with E-state index in [4.69, 9.17) is 4.74 Å². The maximum Gasteiger partial charge on any atom is 0.314 e. The Morgan fingerprint density at radius 3 is 2.89 bits per heavy atom. The van der Waals surface area contributed by atoms with E-state index in [0.717, 1.165) is 30.6 Å². The van der Waals surface area contributed by atoms with Crippen LogP contribution in [0.15, 0.2) is 24.3 Å². The molecule has 1 aromatic rings. The highest BCUT2D eigenvalue weighted by atomic mass is 16.5. The van der Waals surface area contributed by atoms with Crippen molar-refractivity contribution < 1.29 is 14.6 Å². The van der Waals surface area contributed by atoms with Gasteiger partial charge >= 0.3 is 5.97 Å². The molecule has 1 N–H and O–H groups in total. The van der Waals surface area contributed by atoms with Gasteiger partial charge in [0.1, 0.15) is 5.75 Å². The molecular formula is C15H20O3. The Hall–Kier alpha value is -1.51. The molecule has 18 heavy (non-hydrogen) atoms. The minimum Gasteiger partial charge on any atom is -0.493 e. The van der Waals surface area contributed by atoms with Crippen molar-refractivity contribution in [1.29, 1.82) is 0 Å². The summed E-state index contributed by atoms with van der Waals surface area (Å²) in [6.45, 7) is 2.63. The minimum absolute atomic E-state index is 0.495. The number of fused-ring (bicyclic) bond motifs is 1. The Labute approximate surface area is 108 Å². The molecule has 1 aromatic carbocycles. The monoisotopic (exact) mass is 248 g/mol. The first-order chi connectivity index (χ1) is 8.70. The normalized spacial score (nSPS) is 22.1. The van der Waals surface area contributed by atoms with E-state index in [1.54, 1.807) is 0 Å². The SMILES string of the molecule is CCCCCC1(C(=O)O)CCOc2ccccc21. The standard InChI is InChI=1S/C15H20O3/c1-2-3-6-9-15(14(16)17)10-11-18-13-8-5-4-7-12(13)15/h4-5,7-8H,2-3,6,9-11H2,1H3,(H,16,17). The van der Waals surface area contributed by atoms with Crippen molar-refractivity contribution in [2.75, 3.05) is 6.61 Å². The van der Waals surface area contributed by atoms with Gasteiger partial charge in [0.15, 0.2) is 0 Å². The first kappa shape index (κ1) is 12.9. The van der Waals surface area contributed by atoms with E-state index in [9.17, 15) is 9.90 Å². The molecule has 1 aliphatic rings. The summed E-state index contributed by atoms with van der Waals surface area (Å²) in [5, 5.41) is 9.68. The summed E-state index contributed by atoms with van der Waals surface area (Å²) in [7, 11) is 0. The zero-order valence-electron chi connectivity index (χ0n) is 10.8. The van der Waals surface area contributed by atoms with Crippen molar-refractivity contribution in [2.24, 2.45) is 0 Å². The van der Waals surface area contributed by atoms with Crippen LogP contribution in [-0.2, 0) is 10.2 Å². The minimum atomic E-state index is -0.746. The number of hydrogen-bond acceptors (Lipinski definition) is 2. The molecule has 3 heteroatoms. The van der Waals surface area contributed by atoms with Crippen LogP contribution >= 0.6 is 0 Å². The summed E-state index contributed by atoms with van der Waals surface area (Å²) in [5.74, 6) is 0.0250. The maximum absolute atomic E-state index is 11.8. The highest BCUT2D eigenvalue weighted by Crippen LogP contribution is 2.42. The number of rotatable bonds is 5. The number of hydrogen-bond donors (Lipinski definition) is 1. The van der Waals surface area contributed by atoms with Gasteiger partial charge in [-0.15, -0.1) is 0 Å². The molecule has 1 atom stereocenters. The Kier molecular flexibility index (Phi) is 3.90. The molecule has 1 aliphatic heterocycles. The third-order valence-corrected chi connectivity index (χ3v) is 3.81. The zero-order valence-corrected chi connectivity index (χ0v) is 10.8. The smallest absolute Gasteiger partial charge is 0.314 e. The number of para-hydroxylation sites is 1. The Balaban J connectivity index is 2.33.